The Morgan fingerprint density at radius 3 is 2.56 bits per heavy atom. The maximum absolute atomic E-state index is 14.0. The fourth-order valence-electron chi connectivity index (χ4n) is 4.09. The molecule has 0 unspecified atom stereocenters. The molecule has 1 aliphatic heterocycles. The van der Waals surface area contributed by atoms with Gasteiger partial charge in [0.25, 0.3) is 5.91 Å². The molecule has 1 atom stereocenters. The Kier molecular flexibility index (Phi) is 7.50. The van der Waals surface area contributed by atoms with Gasteiger partial charge < -0.3 is 19.5 Å². The molecule has 184 valence electrons. The molecule has 0 radical (unpaired) electrons. The van der Waals surface area contributed by atoms with Crippen LogP contribution in [0.1, 0.15) is 28.8 Å². The van der Waals surface area contributed by atoms with E-state index in [4.69, 9.17) is 15.9 Å². The van der Waals surface area contributed by atoms with Gasteiger partial charge in [0.2, 0.25) is 5.82 Å². The van der Waals surface area contributed by atoms with Gasteiger partial charge in [0.05, 0.1) is 0 Å². The van der Waals surface area contributed by atoms with Crippen LogP contribution in [0.4, 0.5) is 8.78 Å². The molecule has 1 saturated heterocycles. The number of halogens is 2. The molecule has 3 aromatic carbocycles. The van der Waals surface area contributed by atoms with Crippen molar-refractivity contribution in [3.05, 3.63) is 83.4 Å². The van der Waals surface area contributed by atoms with Crippen molar-refractivity contribution in [3.63, 3.8) is 0 Å². The predicted molar refractivity (Wildman–Crippen MR) is 129 cm³/mol. The SMILES string of the molecule is C#CCOc1cc(-c2ccc(OCc3cccc(C(=O)N4CCC[C@H]4C(=O)O)c3)cc2)cc(F)c1F. The van der Waals surface area contributed by atoms with E-state index >= 15 is 0 Å². The number of carboxylic acid groups (broad SMARTS) is 1. The maximum atomic E-state index is 14.0. The number of rotatable bonds is 8. The first-order chi connectivity index (χ1) is 17.4. The molecule has 1 heterocycles. The molecule has 3 aromatic rings. The summed E-state index contributed by atoms with van der Waals surface area (Å²) in [5.41, 5.74) is 2.19. The first-order valence-electron chi connectivity index (χ1n) is 11.3. The van der Waals surface area contributed by atoms with Gasteiger partial charge in [0.1, 0.15) is 25.0 Å². The Labute approximate surface area is 207 Å². The molecule has 1 N–H and O–H groups in total. The lowest BCUT2D eigenvalue weighted by Gasteiger charge is -2.21. The number of hydrogen-bond donors (Lipinski definition) is 1. The van der Waals surface area contributed by atoms with E-state index in [-0.39, 0.29) is 24.9 Å². The molecule has 6 nitrogen and oxygen atoms in total. The minimum atomic E-state index is -1.10. The van der Waals surface area contributed by atoms with Crippen molar-refractivity contribution in [2.45, 2.75) is 25.5 Å². The van der Waals surface area contributed by atoms with Crippen LogP contribution in [0.3, 0.4) is 0 Å². The molecule has 36 heavy (non-hydrogen) atoms. The van der Waals surface area contributed by atoms with E-state index in [0.29, 0.717) is 41.8 Å². The van der Waals surface area contributed by atoms with Crippen molar-refractivity contribution < 1.29 is 33.0 Å². The summed E-state index contributed by atoms with van der Waals surface area (Å²) in [5, 5.41) is 9.35. The first kappa shape index (κ1) is 24.7. The van der Waals surface area contributed by atoms with Crippen LogP contribution in [0, 0.1) is 24.0 Å². The summed E-state index contributed by atoms with van der Waals surface area (Å²) in [6, 6.07) is 15.3. The highest BCUT2D eigenvalue weighted by Crippen LogP contribution is 2.30. The standard InChI is InChI=1S/C28H23F2NO5/c1-2-13-35-25-16-21(15-23(29)26(25)30)19-8-10-22(11-9-19)36-17-18-5-3-6-20(14-18)27(32)31-12-4-7-24(31)28(33)34/h1,3,5-6,8-11,14-16,24H,4,7,12-13,17H2,(H,33,34)/t24-/m0/s1. The second kappa shape index (κ2) is 10.9. The Bertz CT molecular complexity index is 1320. The van der Waals surface area contributed by atoms with Crippen LogP contribution < -0.4 is 9.47 Å². The molecule has 1 amide bonds. The van der Waals surface area contributed by atoms with Crippen molar-refractivity contribution in [1.29, 1.82) is 0 Å². The van der Waals surface area contributed by atoms with Gasteiger partial charge in [-0.25, -0.2) is 9.18 Å². The highest BCUT2D eigenvalue weighted by molar-refractivity contribution is 5.97. The number of amides is 1. The van der Waals surface area contributed by atoms with Crippen LogP contribution in [0.25, 0.3) is 11.1 Å². The lowest BCUT2D eigenvalue weighted by molar-refractivity contribution is -0.141. The minimum absolute atomic E-state index is 0.179. The molecule has 0 aliphatic carbocycles. The zero-order chi connectivity index (χ0) is 25.7. The normalized spacial score (nSPS) is 14.8. The van der Waals surface area contributed by atoms with Crippen molar-refractivity contribution in [3.8, 4) is 35.0 Å². The number of benzene rings is 3. The Balaban J connectivity index is 1.43. The molecular formula is C28H23F2NO5. The number of likely N-dealkylation sites (tertiary alicyclic amines) is 1. The molecule has 1 fully saturated rings. The fraction of sp³-hybridized carbons (Fsp3) is 0.214. The van der Waals surface area contributed by atoms with Gasteiger partial charge >= 0.3 is 5.97 Å². The van der Waals surface area contributed by atoms with Gasteiger partial charge in [0, 0.05) is 12.1 Å². The van der Waals surface area contributed by atoms with Gasteiger partial charge in [-0.1, -0.05) is 30.2 Å². The predicted octanol–water partition coefficient (Wildman–Crippen LogP) is 4.91. The summed E-state index contributed by atoms with van der Waals surface area (Å²) < 4.78 is 38.8. The van der Waals surface area contributed by atoms with Gasteiger partial charge in [-0.15, -0.1) is 6.42 Å². The molecule has 0 bridgehead atoms. The quantitative estimate of drug-likeness (QED) is 0.453. The van der Waals surface area contributed by atoms with Gasteiger partial charge in [0.15, 0.2) is 11.6 Å². The maximum Gasteiger partial charge on any atom is 0.326 e. The second-order valence-corrected chi connectivity index (χ2v) is 8.27. The van der Waals surface area contributed by atoms with Crippen LogP contribution in [0.5, 0.6) is 11.5 Å². The third-order valence-corrected chi connectivity index (χ3v) is 5.87. The summed E-state index contributed by atoms with van der Waals surface area (Å²) in [6.45, 7) is 0.411. The van der Waals surface area contributed by atoms with Crippen LogP contribution in [0.2, 0.25) is 0 Å². The molecule has 0 saturated carbocycles. The summed E-state index contributed by atoms with van der Waals surface area (Å²) in [7, 11) is 0. The number of nitrogens with zero attached hydrogens (tertiary/aromatic N) is 1. The van der Waals surface area contributed by atoms with Crippen molar-refractivity contribution in [2.75, 3.05) is 13.2 Å². The number of terminal acetylenes is 1. The smallest absolute Gasteiger partial charge is 0.326 e. The van der Waals surface area contributed by atoms with E-state index in [0.717, 1.165) is 11.6 Å². The summed E-state index contributed by atoms with van der Waals surface area (Å²) >= 11 is 0. The summed E-state index contributed by atoms with van der Waals surface area (Å²) in [6.07, 6.45) is 6.23. The Morgan fingerprint density at radius 2 is 1.83 bits per heavy atom. The molecule has 4 rings (SSSR count). The van der Waals surface area contributed by atoms with Crippen LogP contribution >= 0.6 is 0 Å². The molecule has 0 spiro atoms. The van der Waals surface area contributed by atoms with Crippen LogP contribution in [-0.4, -0.2) is 41.1 Å². The van der Waals surface area contributed by atoms with Gasteiger partial charge in [-0.05, 0) is 65.9 Å². The average Bonchev–Trinajstić information content (AvgIpc) is 3.39. The van der Waals surface area contributed by atoms with E-state index in [1.807, 2.05) is 6.07 Å². The van der Waals surface area contributed by atoms with Crippen molar-refractivity contribution >= 4 is 11.9 Å². The second-order valence-electron chi connectivity index (χ2n) is 8.27. The number of carboxylic acids is 1. The highest BCUT2D eigenvalue weighted by Gasteiger charge is 2.34. The Hall–Kier alpha value is -4.38. The van der Waals surface area contributed by atoms with Crippen LogP contribution in [0.15, 0.2) is 60.7 Å². The minimum Gasteiger partial charge on any atom is -0.489 e. The third-order valence-electron chi connectivity index (χ3n) is 5.87. The lowest BCUT2D eigenvalue weighted by atomic mass is 10.0. The van der Waals surface area contributed by atoms with Crippen LogP contribution in [-0.2, 0) is 11.4 Å². The molecular weight excluding hydrogens is 468 g/mol. The monoisotopic (exact) mass is 491 g/mol. The number of carbonyl (C=O) groups is 2. The van der Waals surface area contributed by atoms with E-state index in [9.17, 15) is 23.5 Å². The topological polar surface area (TPSA) is 76.1 Å². The van der Waals surface area contributed by atoms with E-state index < -0.39 is 23.6 Å². The highest BCUT2D eigenvalue weighted by atomic mass is 19.2. The van der Waals surface area contributed by atoms with E-state index in [1.165, 1.54) is 11.0 Å². The summed E-state index contributed by atoms with van der Waals surface area (Å²) in [5.74, 6) is -0.970. The first-order valence-corrected chi connectivity index (χ1v) is 11.3. The third kappa shape index (κ3) is 5.47. The van der Waals surface area contributed by atoms with Gasteiger partial charge in [-0.2, -0.15) is 4.39 Å². The zero-order valence-electron chi connectivity index (χ0n) is 19.2. The Morgan fingerprint density at radius 1 is 1.06 bits per heavy atom. The van der Waals surface area contributed by atoms with Crippen molar-refractivity contribution in [2.24, 2.45) is 0 Å². The average molecular weight is 491 g/mol. The number of hydrogen-bond acceptors (Lipinski definition) is 4. The molecule has 1 aliphatic rings. The molecule has 0 aromatic heterocycles. The number of ether oxygens (including phenoxy) is 2. The van der Waals surface area contributed by atoms with Crippen molar-refractivity contribution in [1.82, 2.24) is 4.90 Å². The lowest BCUT2D eigenvalue weighted by Crippen LogP contribution is -2.40. The molecule has 8 heteroatoms. The largest absolute Gasteiger partial charge is 0.489 e. The number of carbonyl (C=O) groups excluding carboxylic acids is 1. The van der Waals surface area contributed by atoms with E-state index in [2.05, 4.69) is 5.92 Å². The zero-order valence-corrected chi connectivity index (χ0v) is 19.2. The fourth-order valence-corrected chi connectivity index (χ4v) is 4.09. The summed E-state index contributed by atoms with van der Waals surface area (Å²) in [4.78, 5) is 25.6. The number of aliphatic carboxylic acids is 1. The van der Waals surface area contributed by atoms with E-state index in [1.54, 1.807) is 42.5 Å². The van der Waals surface area contributed by atoms with Gasteiger partial charge in [-0.3, -0.25) is 4.79 Å².